The van der Waals surface area contributed by atoms with Crippen LogP contribution < -0.4 is 4.90 Å². The Morgan fingerprint density at radius 3 is 2.62 bits per heavy atom. The molecular formula is C24H26BrClF2N4O2. The number of alkyl halides is 2. The number of piperazine rings is 1. The molecule has 0 spiro atoms. The number of anilines is 1. The normalized spacial score (nSPS) is 20.9. The van der Waals surface area contributed by atoms with Gasteiger partial charge in [0.05, 0.1) is 10.2 Å². The Hall–Kier alpha value is -2.23. The van der Waals surface area contributed by atoms with Gasteiger partial charge in [-0.1, -0.05) is 48.0 Å². The van der Waals surface area contributed by atoms with E-state index in [1.54, 1.807) is 11.0 Å². The summed E-state index contributed by atoms with van der Waals surface area (Å²) >= 11 is 9.34. The van der Waals surface area contributed by atoms with Crippen molar-refractivity contribution in [3.05, 3.63) is 69.9 Å². The first-order valence-electron chi connectivity index (χ1n) is 11.1. The van der Waals surface area contributed by atoms with Gasteiger partial charge in [0.15, 0.2) is 0 Å². The summed E-state index contributed by atoms with van der Waals surface area (Å²) in [6, 6.07) is 11.5. The highest BCUT2D eigenvalue weighted by Gasteiger charge is 2.44. The first-order chi connectivity index (χ1) is 16.4. The lowest BCUT2D eigenvalue weighted by atomic mass is 9.90. The van der Waals surface area contributed by atoms with Crippen LogP contribution in [0.1, 0.15) is 24.1 Å². The molecule has 6 nitrogen and oxygen atoms in total. The number of hydrogen-bond acceptors (Lipinski definition) is 5. The van der Waals surface area contributed by atoms with Crippen molar-refractivity contribution in [3.63, 3.8) is 0 Å². The van der Waals surface area contributed by atoms with E-state index >= 15 is 0 Å². The predicted molar refractivity (Wildman–Crippen MR) is 131 cm³/mol. The molecule has 1 aromatic heterocycles. The van der Waals surface area contributed by atoms with Crippen molar-refractivity contribution in [2.45, 2.75) is 31.5 Å². The van der Waals surface area contributed by atoms with Crippen molar-refractivity contribution in [3.8, 4) is 0 Å². The number of amides is 1. The zero-order valence-corrected chi connectivity index (χ0v) is 20.9. The van der Waals surface area contributed by atoms with Crippen LogP contribution in [0.3, 0.4) is 0 Å². The Bertz CT molecular complexity index is 1020. The Balaban J connectivity index is 1.36. The Morgan fingerprint density at radius 1 is 1.26 bits per heavy atom. The highest BCUT2D eigenvalue weighted by Crippen LogP contribution is 2.41. The third kappa shape index (κ3) is 5.37. The van der Waals surface area contributed by atoms with E-state index in [0.717, 1.165) is 5.56 Å². The first kappa shape index (κ1) is 24.9. The Kier molecular flexibility index (Phi) is 8.06. The monoisotopic (exact) mass is 554 g/mol. The van der Waals surface area contributed by atoms with Crippen molar-refractivity contribution in [1.29, 1.82) is 0 Å². The number of ether oxygens (including phenoxy) is 1. The quantitative estimate of drug-likeness (QED) is 0.333. The van der Waals surface area contributed by atoms with Crippen LogP contribution in [0, 0.1) is 0 Å². The van der Waals surface area contributed by atoms with E-state index in [-0.39, 0.29) is 40.1 Å². The van der Waals surface area contributed by atoms with Gasteiger partial charge in [0, 0.05) is 50.9 Å². The summed E-state index contributed by atoms with van der Waals surface area (Å²) < 4.78 is 32.5. The van der Waals surface area contributed by atoms with Gasteiger partial charge in [-0.25, -0.2) is 18.6 Å². The van der Waals surface area contributed by atoms with Crippen LogP contribution in [0.25, 0.3) is 0 Å². The number of hydrogen-bond donors (Lipinski definition) is 0. The SMILES string of the molecule is C=CC[C@H]1[C@H](N2CCN(C(=O)OCc3ccccc3)CC2)CN1c1cc(Cl)nc(C(F)F)c1Br. The van der Waals surface area contributed by atoms with Gasteiger partial charge in [-0.2, -0.15) is 0 Å². The summed E-state index contributed by atoms with van der Waals surface area (Å²) in [5, 5.41) is 0.0388. The number of carbonyl (C=O) groups is 1. The summed E-state index contributed by atoms with van der Waals surface area (Å²) in [5.74, 6) is 0. The molecule has 1 aromatic carbocycles. The highest BCUT2D eigenvalue weighted by molar-refractivity contribution is 9.10. The molecule has 2 saturated heterocycles. The van der Waals surface area contributed by atoms with Crippen LogP contribution in [0.2, 0.25) is 5.15 Å². The van der Waals surface area contributed by atoms with Crippen molar-refractivity contribution in [2.75, 3.05) is 37.6 Å². The standard InChI is InChI=1S/C24H26BrClF2N4O2/c1-2-6-17-19(14-32(17)18-13-20(26)29-22(21(18)25)23(27)28)30-9-11-31(12-10-30)24(33)34-15-16-7-4-3-5-8-16/h2-5,7-8,13,17,19,23H,1,6,9-12,14-15H2/t17-,19+/m0/s1. The van der Waals surface area contributed by atoms with Crippen LogP contribution in [-0.2, 0) is 11.3 Å². The zero-order valence-electron chi connectivity index (χ0n) is 18.5. The minimum absolute atomic E-state index is 0.0388. The summed E-state index contributed by atoms with van der Waals surface area (Å²) in [7, 11) is 0. The molecule has 0 aliphatic carbocycles. The van der Waals surface area contributed by atoms with Crippen molar-refractivity contribution < 1.29 is 18.3 Å². The Morgan fingerprint density at radius 2 is 1.97 bits per heavy atom. The third-order valence-electron chi connectivity index (χ3n) is 6.33. The molecule has 2 fully saturated rings. The number of aromatic nitrogens is 1. The van der Waals surface area contributed by atoms with Gasteiger partial charge >= 0.3 is 6.09 Å². The molecule has 1 amide bonds. The van der Waals surface area contributed by atoms with E-state index in [1.807, 2.05) is 36.4 Å². The van der Waals surface area contributed by atoms with Crippen LogP contribution >= 0.6 is 27.5 Å². The third-order valence-corrected chi connectivity index (χ3v) is 7.34. The van der Waals surface area contributed by atoms with Crippen LogP contribution in [0.15, 0.2) is 53.5 Å². The molecule has 2 aromatic rings. The molecule has 0 radical (unpaired) electrons. The number of nitrogens with zero attached hydrogens (tertiary/aromatic N) is 4. The minimum atomic E-state index is -2.73. The second kappa shape index (κ2) is 11.0. The summed E-state index contributed by atoms with van der Waals surface area (Å²) in [6.07, 6.45) is -0.501. The van der Waals surface area contributed by atoms with E-state index in [9.17, 15) is 13.6 Å². The van der Waals surface area contributed by atoms with Crippen molar-refractivity contribution in [1.82, 2.24) is 14.8 Å². The number of pyridine rings is 1. The highest BCUT2D eigenvalue weighted by atomic mass is 79.9. The van der Waals surface area contributed by atoms with Gasteiger partial charge in [-0.3, -0.25) is 4.90 Å². The average Bonchev–Trinajstić information content (AvgIpc) is 2.83. The van der Waals surface area contributed by atoms with Gasteiger partial charge in [0.2, 0.25) is 0 Å². The summed E-state index contributed by atoms with van der Waals surface area (Å²) in [4.78, 5) is 22.4. The molecule has 2 aliphatic rings. The number of benzene rings is 1. The molecular weight excluding hydrogens is 530 g/mol. The van der Waals surface area contributed by atoms with Crippen molar-refractivity contribution >= 4 is 39.3 Å². The maximum atomic E-state index is 13.4. The maximum Gasteiger partial charge on any atom is 0.410 e. The number of carbonyl (C=O) groups excluding carboxylic acids is 1. The Labute approximate surface area is 211 Å². The van der Waals surface area contributed by atoms with Gasteiger partial charge in [-0.15, -0.1) is 6.58 Å². The smallest absolute Gasteiger partial charge is 0.410 e. The van der Waals surface area contributed by atoms with Gasteiger partial charge in [0.25, 0.3) is 6.43 Å². The van der Waals surface area contributed by atoms with E-state index < -0.39 is 6.43 Å². The summed E-state index contributed by atoms with van der Waals surface area (Å²) in [5.41, 5.74) is 1.21. The number of halogens is 4. The molecule has 10 heteroatoms. The van der Waals surface area contributed by atoms with Gasteiger partial charge < -0.3 is 14.5 Å². The minimum Gasteiger partial charge on any atom is -0.445 e. The average molecular weight is 556 g/mol. The van der Waals surface area contributed by atoms with Crippen LogP contribution in [0.5, 0.6) is 0 Å². The topological polar surface area (TPSA) is 48.9 Å². The van der Waals surface area contributed by atoms with E-state index in [4.69, 9.17) is 16.3 Å². The molecule has 34 heavy (non-hydrogen) atoms. The van der Waals surface area contributed by atoms with Crippen molar-refractivity contribution in [2.24, 2.45) is 0 Å². The second-order valence-corrected chi connectivity index (χ2v) is 9.52. The first-order valence-corrected chi connectivity index (χ1v) is 12.3. The molecule has 0 bridgehead atoms. The van der Waals surface area contributed by atoms with E-state index in [0.29, 0.717) is 44.8 Å². The van der Waals surface area contributed by atoms with Gasteiger partial charge in [0.1, 0.15) is 17.5 Å². The van der Waals surface area contributed by atoms with Crippen LogP contribution in [0.4, 0.5) is 19.3 Å². The predicted octanol–water partition coefficient (Wildman–Crippen LogP) is 5.52. The lowest BCUT2D eigenvalue weighted by Gasteiger charge is -2.55. The molecule has 4 rings (SSSR count). The molecule has 0 unspecified atom stereocenters. The zero-order chi connectivity index (χ0) is 24.2. The lowest BCUT2D eigenvalue weighted by Crippen LogP contribution is -2.69. The second-order valence-electron chi connectivity index (χ2n) is 8.34. The fourth-order valence-corrected chi connectivity index (χ4v) is 5.32. The summed E-state index contributed by atoms with van der Waals surface area (Å²) in [6.45, 7) is 7.37. The molecule has 182 valence electrons. The fraction of sp³-hybridized carbons (Fsp3) is 0.417. The molecule has 2 aliphatic heterocycles. The van der Waals surface area contributed by atoms with Gasteiger partial charge in [-0.05, 0) is 27.9 Å². The largest absolute Gasteiger partial charge is 0.445 e. The number of rotatable bonds is 7. The molecule has 3 heterocycles. The molecule has 0 N–H and O–H groups in total. The molecule has 2 atom stereocenters. The van der Waals surface area contributed by atoms with E-state index in [2.05, 4.69) is 37.3 Å². The van der Waals surface area contributed by atoms with E-state index in [1.165, 1.54) is 0 Å². The lowest BCUT2D eigenvalue weighted by molar-refractivity contribution is 0.0435. The fourth-order valence-electron chi connectivity index (χ4n) is 4.52. The van der Waals surface area contributed by atoms with Crippen LogP contribution in [-0.4, -0.2) is 65.7 Å². The maximum absolute atomic E-state index is 13.4. The molecule has 0 saturated carbocycles.